The van der Waals surface area contributed by atoms with E-state index in [0.29, 0.717) is 18.1 Å². The van der Waals surface area contributed by atoms with Gasteiger partial charge in [-0.05, 0) is 24.2 Å². The van der Waals surface area contributed by atoms with Crippen LogP contribution in [-0.2, 0) is 4.79 Å². The van der Waals surface area contributed by atoms with Crippen LogP contribution in [0.2, 0.25) is 5.02 Å². The number of carbonyl (C=O) groups is 1. The normalized spacial score (nSPS) is 12.5. The summed E-state index contributed by atoms with van der Waals surface area (Å²) < 4.78 is 0. The van der Waals surface area contributed by atoms with Gasteiger partial charge in [0.05, 0.1) is 6.54 Å². The van der Waals surface area contributed by atoms with Gasteiger partial charge in [0, 0.05) is 31.7 Å². The van der Waals surface area contributed by atoms with E-state index in [2.05, 4.69) is 4.90 Å². The second-order valence-corrected chi connectivity index (χ2v) is 5.09. The molecule has 106 valence electrons. The van der Waals surface area contributed by atoms with Crippen LogP contribution in [0.15, 0.2) is 24.3 Å². The quantitative estimate of drug-likeness (QED) is 0.865. The van der Waals surface area contributed by atoms with Crippen LogP contribution in [-0.4, -0.2) is 49.4 Å². The molecule has 0 spiro atoms. The summed E-state index contributed by atoms with van der Waals surface area (Å²) in [4.78, 5) is 15.5. The van der Waals surface area contributed by atoms with Crippen LogP contribution in [0.1, 0.15) is 18.5 Å². The molecule has 0 bridgehead atoms. The van der Waals surface area contributed by atoms with Gasteiger partial charge in [0.15, 0.2) is 0 Å². The van der Waals surface area contributed by atoms with E-state index in [4.69, 9.17) is 17.3 Å². The Kier molecular flexibility index (Phi) is 6.28. The lowest BCUT2D eigenvalue weighted by Crippen LogP contribution is -2.41. The zero-order chi connectivity index (χ0) is 14.4. The molecular weight excluding hydrogens is 262 g/mol. The third-order valence-electron chi connectivity index (χ3n) is 3.14. The maximum atomic E-state index is 11.8. The summed E-state index contributed by atoms with van der Waals surface area (Å²) in [6, 6.07) is 7.64. The van der Waals surface area contributed by atoms with E-state index in [0.717, 1.165) is 12.1 Å². The minimum Gasteiger partial charge on any atom is -0.348 e. The highest BCUT2D eigenvalue weighted by Crippen LogP contribution is 2.22. The number of nitrogens with two attached hydrogens (primary N) is 1. The number of hydrogen-bond donors (Lipinski definition) is 1. The smallest absolute Gasteiger partial charge is 0.236 e. The number of amides is 1. The van der Waals surface area contributed by atoms with Crippen LogP contribution < -0.4 is 5.73 Å². The molecule has 0 saturated carbocycles. The Labute approximate surface area is 120 Å². The lowest BCUT2D eigenvalue weighted by molar-refractivity contribution is -0.130. The topological polar surface area (TPSA) is 49.6 Å². The predicted molar refractivity (Wildman–Crippen MR) is 79.2 cm³/mol. The van der Waals surface area contributed by atoms with Gasteiger partial charge in [-0.2, -0.15) is 0 Å². The predicted octanol–water partition coefficient (Wildman–Crippen LogP) is 1.75. The average molecular weight is 284 g/mol. The van der Waals surface area contributed by atoms with Gasteiger partial charge in [-0.25, -0.2) is 0 Å². The molecule has 0 heterocycles. The second kappa shape index (κ2) is 7.48. The van der Waals surface area contributed by atoms with Crippen molar-refractivity contribution in [2.24, 2.45) is 5.73 Å². The van der Waals surface area contributed by atoms with E-state index in [1.165, 1.54) is 0 Å². The lowest BCUT2D eigenvalue weighted by atomic mass is 10.1. The fourth-order valence-corrected chi connectivity index (χ4v) is 2.17. The number of benzene rings is 1. The molecule has 19 heavy (non-hydrogen) atoms. The van der Waals surface area contributed by atoms with Crippen molar-refractivity contribution in [3.05, 3.63) is 34.9 Å². The third kappa shape index (κ3) is 4.49. The number of halogens is 1. The molecule has 1 aromatic carbocycles. The maximum Gasteiger partial charge on any atom is 0.236 e. The molecular formula is C14H22ClN3O. The van der Waals surface area contributed by atoms with Gasteiger partial charge >= 0.3 is 0 Å². The number of rotatable bonds is 6. The number of hydrogen-bond acceptors (Lipinski definition) is 3. The monoisotopic (exact) mass is 283 g/mol. The maximum absolute atomic E-state index is 11.8. The van der Waals surface area contributed by atoms with Crippen LogP contribution in [0.3, 0.4) is 0 Å². The largest absolute Gasteiger partial charge is 0.348 e. The van der Waals surface area contributed by atoms with Crippen molar-refractivity contribution >= 4 is 17.5 Å². The van der Waals surface area contributed by atoms with Gasteiger partial charge in [-0.1, -0.05) is 30.7 Å². The van der Waals surface area contributed by atoms with Crippen molar-refractivity contribution in [3.63, 3.8) is 0 Å². The Morgan fingerprint density at radius 1 is 1.42 bits per heavy atom. The first kappa shape index (κ1) is 16.0. The van der Waals surface area contributed by atoms with Gasteiger partial charge < -0.3 is 10.6 Å². The molecule has 0 radical (unpaired) electrons. The Morgan fingerprint density at radius 2 is 2.11 bits per heavy atom. The average Bonchev–Trinajstić information content (AvgIpc) is 2.38. The summed E-state index contributed by atoms with van der Waals surface area (Å²) in [6.45, 7) is 3.59. The molecule has 1 unspecified atom stereocenters. The van der Waals surface area contributed by atoms with Gasteiger partial charge in [0.1, 0.15) is 0 Å². The molecule has 0 aliphatic rings. The van der Waals surface area contributed by atoms with Gasteiger partial charge in [-0.15, -0.1) is 0 Å². The minimum absolute atomic E-state index is 0.00704. The first-order valence-corrected chi connectivity index (χ1v) is 6.77. The van der Waals surface area contributed by atoms with Crippen molar-refractivity contribution in [3.8, 4) is 0 Å². The fourth-order valence-electron chi connectivity index (χ4n) is 1.97. The first-order chi connectivity index (χ1) is 8.99. The SMILES string of the molecule is CCN(CC(=O)N(C)C)C(CN)c1cccc(Cl)c1. The van der Waals surface area contributed by atoms with Crippen LogP contribution in [0.25, 0.3) is 0 Å². The molecule has 1 rings (SSSR count). The van der Waals surface area contributed by atoms with Crippen molar-refractivity contribution in [1.29, 1.82) is 0 Å². The molecule has 0 saturated heterocycles. The summed E-state index contributed by atoms with van der Waals surface area (Å²) >= 11 is 6.02. The van der Waals surface area contributed by atoms with Crippen molar-refractivity contribution in [2.75, 3.05) is 33.7 Å². The van der Waals surface area contributed by atoms with Gasteiger partial charge in [0.25, 0.3) is 0 Å². The highest BCUT2D eigenvalue weighted by molar-refractivity contribution is 6.30. The summed E-state index contributed by atoms with van der Waals surface area (Å²) in [6.07, 6.45) is 0. The fraction of sp³-hybridized carbons (Fsp3) is 0.500. The zero-order valence-corrected chi connectivity index (χ0v) is 12.5. The third-order valence-corrected chi connectivity index (χ3v) is 3.38. The van der Waals surface area contributed by atoms with Crippen LogP contribution in [0.5, 0.6) is 0 Å². The van der Waals surface area contributed by atoms with E-state index in [-0.39, 0.29) is 11.9 Å². The second-order valence-electron chi connectivity index (χ2n) is 4.66. The van der Waals surface area contributed by atoms with E-state index in [1.807, 2.05) is 31.2 Å². The molecule has 2 N–H and O–H groups in total. The highest BCUT2D eigenvalue weighted by atomic mass is 35.5. The molecule has 0 aliphatic carbocycles. The van der Waals surface area contributed by atoms with E-state index >= 15 is 0 Å². The summed E-state index contributed by atoms with van der Waals surface area (Å²) in [5.41, 5.74) is 6.92. The van der Waals surface area contributed by atoms with Crippen molar-refractivity contribution in [2.45, 2.75) is 13.0 Å². The summed E-state index contributed by atoms with van der Waals surface area (Å²) in [7, 11) is 3.51. The summed E-state index contributed by atoms with van der Waals surface area (Å²) in [5.74, 6) is 0.0716. The summed E-state index contributed by atoms with van der Waals surface area (Å²) in [5, 5.41) is 0.686. The van der Waals surface area contributed by atoms with Crippen molar-refractivity contribution in [1.82, 2.24) is 9.80 Å². The number of likely N-dealkylation sites (N-methyl/N-ethyl adjacent to an activating group) is 2. The van der Waals surface area contributed by atoms with Gasteiger partial charge in [-0.3, -0.25) is 9.69 Å². The molecule has 5 heteroatoms. The Morgan fingerprint density at radius 3 is 2.58 bits per heavy atom. The molecule has 4 nitrogen and oxygen atoms in total. The molecule has 0 aromatic heterocycles. The lowest BCUT2D eigenvalue weighted by Gasteiger charge is -2.30. The van der Waals surface area contributed by atoms with Crippen LogP contribution in [0, 0.1) is 0 Å². The molecule has 0 fully saturated rings. The minimum atomic E-state index is 0.00704. The molecule has 1 aromatic rings. The van der Waals surface area contributed by atoms with E-state index in [9.17, 15) is 4.79 Å². The highest BCUT2D eigenvalue weighted by Gasteiger charge is 2.21. The van der Waals surface area contributed by atoms with E-state index in [1.54, 1.807) is 19.0 Å². The van der Waals surface area contributed by atoms with Crippen LogP contribution >= 0.6 is 11.6 Å². The Bertz CT molecular complexity index is 423. The standard InChI is InChI=1S/C14H22ClN3O/c1-4-18(10-14(19)17(2)3)13(9-16)11-6-5-7-12(15)8-11/h5-8,13H,4,9-10,16H2,1-3H3. The number of carbonyl (C=O) groups excluding carboxylic acids is 1. The first-order valence-electron chi connectivity index (χ1n) is 6.39. The Hall–Kier alpha value is -1.10. The molecule has 0 aliphatic heterocycles. The van der Waals surface area contributed by atoms with Gasteiger partial charge in [0.2, 0.25) is 5.91 Å². The Balaban J connectivity index is 2.89. The van der Waals surface area contributed by atoms with Crippen molar-refractivity contribution < 1.29 is 4.79 Å². The zero-order valence-electron chi connectivity index (χ0n) is 11.8. The molecule has 1 amide bonds. The molecule has 1 atom stereocenters. The van der Waals surface area contributed by atoms with E-state index < -0.39 is 0 Å². The van der Waals surface area contributed by atoms with Crippen LogP contribution in [0.4, 0.5) is 0 Å². The number of nitrogens with zero attached hydrogens (tertiary/aromatic N) is 2.